The van der Waals surface area contributed by atoms with E-state index in [-0.39, 0.29) is 16.5 Å². The molecule has 0 bridgehead atoms. The molecule has 0 aliphatic heterocycles. The Morgan fingerprint density at radius 3 is 2.50 bits per heavy atom. The molecule has 8 heteroatoms. The van der Waals surface area contributed by atoms with Crippen LogP contribution < -0.4 is 10.9 Å². The molecule has 168 valence electrons. The normalized spacial score (nSPS) is 15.2. The highest BCUT2D eigenvalue weighted by Crippen LogP contribution is 2.28. The van der Waals surface area contributed by atoms with E-state index in [2.05, 4.69) is 10.3 Å². The van der Waals surface area contributed by atoms with Crippen LogP contribution in [0.25, 0.3) is 10.9 Å². The number of H-pyrrole nitrogens is 1. The van der Waals surface area contributed by atoms with Gasteiger partial charge in [-0.05, 0) is 36.6 Å². The first kappa shape index (κ1) is 22.2. The van der Waals surface area contributed by atoms with Crippen LogP contribution in [-0.4, -0.2) is 36.7 Å². The molecule has 1 aromatic heterocycles. The predicted molar refractivity (Wildman–Crippen MR) is 124 cm³/mol. The Kier molecular flexibility index (Phi) is 6.43. The van der Waals surface area contributed by atoms with Crippen LogP contribution in [0.4, 0.5) is 0 Å². The highest BCUT2D eigenvalue weighted by atomic mass is 32.2. The quantitative estimate of drug-likeness (QED) is 0.597. The summed E-state index contributed by atoms with van der Waals surface area (Å²) in [5, 5.41) is 3.21. The lowest BCUT2D eigenvalue weighted by atomic mass is 9.96. The molecular formula is C24H27N3O4S. The monoisotopic (exact) mass is 453 g/mol. The fourth-order valence-corrected chi connectivity index (χ4v) is 5.70. The van der Waals surface area contributed by atoms with Crippen LogP contribution in [0.3, 0.4) is 0 Å². The van der Waals surface area contributed by atoms with E-state index in [9.17, 15) is 18.0 Å². The highest BCUT2D eigenvalue weighted by Gasteiger charge is 2.29. The van der Waals surface area contributed by atoms with Gasteiger partial charge in [-0.15, -0.1) is 0 Å². The van der Waals surface area contributed by atoms with Gasteiger partial charge >= 0.3 is 0 Å². The zero-order valence-electron chi connectivity index (χ0n) is 18.0. The number of carbonyl (C=O) groups is 1. The van der Waals surface area contributed by atoms with Crippen LogP contribution in [0, 0.1) is 0 Å². The molecule has 1 aliphatic rings. The third kappa shape index (κ3) is 4.61. The number of hydrogen-bond acceptors (Lipinski definition) is 4. The molecule has 1 fully saturated rings. The summed E-state index contributed by atoms with van der Waals surface area (Å²) in [4.78, 5) is 27.8. The lowest BCUT2D eigenvalue weighted by molar-refractivity contribution is 0.0952. The number of carbonyl (C=O) groups excluding carboxylic acids is 1. The van der Waals surface area contributed by atoms with E-state index >= 15 is 0 Å². The van der Waals surface area contributed by atoms with Gasteiger partial charge in [0, 0.05) is 36.6 Å². The highest BCUT2D eigenvalue weighted by molar-refractivity contribution is 7.89. The number of benzene rings is 2. The number of pyridine rings is 1. The summed E-state index contributed by atoms with van der Waals surface area (Å²) in [5.41, 5.74) is 1.07. The van der Waals surface area contributed by atoms with Crippen molar-refractivity contribution in [2.75, 3.05) is 7.05 Å². The molecule has 0 saturated heterocycles. The molecule has 3 aromatic rings. The van der Waals surface area contributed by atoms with Gasteiger partial charge in [-0.2, -0.15) is 4.31 Å². The molecule has 0 spiro atoms. The molecule has 0 unspecified atom stereocenters. The van der Waals surface area contributed by atoms with Gasteiger partial charge in [0.25, 0.3) is 5.91 Å². The summed E-state index contributed by atoms with van der Waals surface area (Å²) in [7, 11) is -2.11. The van der Waals surface area contributed by atoms with Crippen molar-refractivity contribution >= 4 is 26.8 Å². The standard InChI is InChI=1S/C24H27N3O4S/c1-27(18-10-6-3-7-11-18)32(30,31)19-12-13-22-20(14-19)21(15-23(28)26-22)24(29)25-16-17-8-4-2-5-9-17/h2,4-5,8-9,12-15,18H,3,6-7,10-11,16H2,1H3,(H,25,29)(H,26,28). The van der Waals surface area contributed by atoms with Crippen molar-refractivity contribution in [1.29, 1.82) is 0 Å². The maximum Gasteiger partial charge on any atom is 0.252 e. The fraction of sp³-hybridized carbons (Fsp3) is 0.333. The Hall–Kier alpha value is -2.97. The minimum absolute atomic E-state index is 0.0198. The van der Waals surface area contributed by atoms with Crippen molar-refractivity contribution in [2.24, 2.45) is 0 Å². The third-order valence-electron chi connectivity index (χ3n) is 6.12. The molecule has 0 radical (unpaired) electrons. The molecule has 7 nitrogen and oxygen atoms in total. The molecule has 1 saturated carbocycles. The van der Waals surface area contributed by atoms with E-state index in [1.165, 1.54) is 22.5 Å². The maximum absolute atomic E-state index is 13.3. The van der Waals surface area contributed by atoms with Crippen LogP contribution in [0.5, 0.6) is 0 Å². The third-order valence-corrected chi connectivity index (χ3v) is 8.03. The van der Waals surface area contributed by atoms with Gasteiger partial charge in [0.05, 0.1) is 10.5 Å². The summed E-state index contributed by atoms with van der Waals surface area (Å²) in [6, 6.07) is 15.1. The molecule has 2 aromatic carbocycles. The Balaban J connectivity index is 1.67. The Labute approximate surface area is 187 Å². The van der Waals surface area contributed by atoms with Gasteiger partial charge in [0.15, 0.2) is 0 Å². The Morgan fingerprint density at radius 1 is 1.06 bits per heavy atom. The van der Waals surface area contributed by atoms with Gasteiger partial charge in [0.1, 0.15) is 0 Å². The molecule has 0 atom stereocenters. The summed E-state index contributed by atoms with van der Waals surface area (Å²) in [6.07, 6.45) is 4.88. The van der Waals surface area contributed by atoms with Gasteiger partial charge in [-0.1, -0.05) is 49.6 Å². The molecule has 1 heterocycles. The second kappa shape index (κ2) is 9.26. The molecule has 4 rings (SSSR count). The van der Waals surface area contributed by atoms with Crippen molar-refractivity contribution in [1.82, 2.24) is 14.6 Å². The smallest absolute Gasteiger partial charge is 0.252 e. The average molecular weight is 454 g/mol. The topological polar surface area (TPSA) is 99.3 Å². The van der Waals surface area contributed by atoms with Crippen LogP contribution in [0.15, 0.2) is 64.3 Å². The largest absolute Gasteiger partial charge is 0.348 e. The molecular weight excluding hydrogens is 426 g/mol. The number of hydrogen-bond donors (Lipinski definition) is 2. The first-order valence-electron chi connectivity index (χ1n) is 10.8. The summed E-state index contributed by atoms with van der Waals surface area (Å²) in [5.74, 6) is -0.430. The summed E-state index contributed by atoms with van der Waals surface area (Å²) >= 11 is 0. The van der Waals surface area contributed by atoms with Gasteiger partial charge in [-0.3, -0.25) is 9.59 Å². The number of rotatable bonds is 6. The van der Waals surface area contributed by atoms with Crippen molar-refractivity contribution in [2.45, 2.75) is 49.6 Å². The van der Waals surface area contributed by atoms with Crippen LogP contribution in [0.2, 0.25) is 0 Å². The SMILES string of the molecule is CN(C1CCCCC1)S(=O)(=O)c1ccc2[nH]c(=O)cc(C(=O)NCc3ccccc3)c2c1. The number of nitrogens with zero attached hydrogens (tertiary/aromatic N) is 1. The first-order valence-corrected chi connectivity index (χ1v) is 12.3. The van der Waals surface area contributed by atoms with Crippen molar-refractivity contribution in [3.63, 3.8) is 0 Å². The molecule has 32 heavy (non-hydrogen) atoms. The predicted octanol–water partition coefficient (Wildman–Crippen LogP) is 3.41. The zero-order valence-corrected chi connectivity index (χ0v) is 18.8. The number of sulfonamides is 1. The Bertz CT molecular complexity index is 1280. The van der Waals surface area contributed by atoms with E-state index < -0.39 is 21.5 Å². The van der Waals surface area contributed by atoms with Crippen molar-refractivity contribution < 1.29 is 13.2 Å². The van der Waals surface area contributed by atoms with E-state index in [0.717, 1.165) is 37.7 Å². The number of amides is 1. The summed E-state index contributed by atoms with van der Waals surface area (Å²) in [6.45, 7) is 0.302. The average Bonchev–Trinajstić information content (AvgIpc) is 2.82. The van der Waals surface area contributed by atoms with E-state index in [1.807, 2.05) is 30.3 Å². The first-order chi connectivity index (χ1) is 15.4. The van der Waals surface area contributed by atoms with Crippen LogP contribution >= 0.6 is 0 Å². The van der Waals surface area contributed by atoms with Gasteiger partial charge in [0.2, 0.25) is 15.6 Å². The van der Waals surface area contributed by atoms with Crippen LogP contribution in [0.1, 0.15) is 48.0 Å². The van der Waals surface area contributed by atoms with Gasteiger partial charge < -0.3 is 10.3 Å². The second-order valence-electron chi connectivity index (χ2n) is 8.24. The molecule has 1 amide bonds. The summed E-state index contributed by atoms with van der Waals surface area (Å²) < 4.78 is 28.0. The van der Waals surface area contributed by atoms with Crippen molar-refractivity contribution in [3.05, 3.63) is 76.1 Å². The number of fused-ring (bicyclic) bond motifs is 1. The van der Waals surface area contributed by atoms with E-state index in [0.29, 0.717) is 17.4 Å². The minimum atomic E-state index is -3.73. The second-order valence-corrected chi connectivity index (χ2v) is 10.2. The molecule has 2 N–H and O–H groups in total. The zero-order chi connectivity index (χ0) is 22.7. The lowest BCUT2D eigenvalue weighted by Crippen LogP contribution is -2.38. The Morgan fingerprint density at radius 2 is 1.78 bits per heavy atom. The van der Waals surface area contributed by atoms with Crippen molar-refractivity contribution in [3.8, 4) is 0 Å². The number of nitrogens with one attached hydrogen (secondary N) is 2. The number of aromatic nitrogens is 1. The maximum atomic E-state index is 13.3. The lowest BCUT2D eigenvalue weighted by Gasteiger charge is -2.30. The van der Waals surface area contributed by atoms with Crippen LogP contribution in [-0.2, 0) is 16.6 Å². The van der Waals surface area contributed by atoms with Gasteiger partial charge in [-0.25, -0.2) is 8.42 Å². The van der Waals surface area contributed by atoms with E-state index in [4.69, 9.17) is 0 Å². The fourth-order valence-electron chi connectivity index (χ4n) is 4.26. The molecule has 1 aliphatic carbocycles. The number of aromatic amines is 1. The van der Waals surface area contributed by atoms with E-state index in [1.54, 1.807) is 13.1 Å². The minimum Gasteiger partial charge on any atom is -0.348 e.